The van der Waals surface area contributed by atoms with Gasteiger partial charge in [0, 0.05) is 6.04 Å². The average molecular weight is 179 g/mol. The van der Waals surface area contributed by atoms with Crippen LogP contribution < -0.4 is 5.32 Å². The highest BCUT2D eigenvalue weighted by molar-refractivity contribution is 5.85. The van der Waals surface area contributed by atoms with Crippen LogP contribution in [0.5, 0.6) is 0 Å². The molecule has 5 nitrogen and oxygen atoms in total. The lowest BCUT2D eigenvalue weighted by molar-refractivity contribution is 0.0690. The highest BCUT2D eigenvalue weighted by atomic mass is 16.4. The molecular formula is C8H9N3O2. The third-order valence-electron chi connectivity index (χ3n) is 1.78. The van der Waals surface area contributed by atoms with Crippen molar-refractivity contribution in [1.82, 2.24) is 9.97 Å². The van der Waals surface area contributed by atoms with Gasteiger partial charge in [0.25, 0.3) is 0 Å². The predicted octanol–water partition coefficient (Wildman–Crippen LogP) is 0.749. The molecule has 1 aromatic rings. The van der Waals surface area contributed by atoms with Crippen LogP contribution in [0.25, 0.3) is 0 Å². The van der Waals surface area contributed by atoms with Crippen molar-refractivity contribution in [2.24, 2.45) is 0 Å². The van der Waals surface area contributed by atoms with Gasteiger partial charge in [-0.2, -0.15) is 0 Å². The maximum atomic E-state index is 10.5. The Morgan fingerprint density at radius 3 is 2.92 bits per heavy atom. The number of carboxylic acids is 1. The summed E-state index contributed by atoms with van der Waals surface area (Å²) in [4.78, 5) is 18.2. The fourth-order valence-corrected chi connectivity index (χ4v) is 0.975. The lowest BCUT2D eigenvalue weighted by Gasteiger charge is -2.02. The Labute approximate surface area is 74.8 Å². The fraction of sp³-hybridized carbons (Fsp3) is 0.375. The molecule has 0 saturated heterocycles. The molecule has 0 bridgehead atoms. The van der Waals surface area contributed by atoms with E-state index in [1.165, 1.54) is 12.4 Å². The number of nitrogens with zero attached hydrogens (tertiary/aromatic N) is 2. The van der Waals surface area contributed by atoms with E-state index in [1.54, 1.807) is 0 Å². The van der Waals surface area contributed by atoms with Crippen molar-refractivity contribution in [1.29, 1.82) is 0 Å². The molecule has 0 atom stereocenters. The molecule has 1 saturated carbocycles. The number of carboxylic acid groups (broad SMARTS) is 1. The van der Waals surface area contributed by atoms with E-state index in [0.717, 1.165) is 12.8 Å². The van der Waals surface area contributed by atoms with Gasteiger partial charge in [-0.15, -0.1) is 0 Å². The van der Waals surface area contributed by atoms with Gasteiger partial charge in [0.2, 0.25) is 0 Å². The van der Waals surface area contributed by atoms with Crippen LogP contribution in [0.3, 0.4) is 0 Å². The molecule has 0 aliphatic heterocycles. The first-order valence-electron chi connectivity index (χ1n) is 4.07. The van der Waals surface area contributed by atoms with E-state index in [0.29, 0.717) is 11.9 Å². The molecule has 2 rings (SSSR count). The van der Waals surface area contributed by atoms with Crippen molar-refractivity contribution in [3.05, 3.63) is 18.1 Å². The van der Waals surface area contributed by atoms with E-state index in [1.807, 2.05) is 0 Å². The van der Waals surface area contributed by atoms with Crippen LogP contribution in [0, 0.1) is 0 Å². The van der Waals surface area contributed by atoms with E-state index in [9.17, 15) is 4.79 Å². The van der Waals surface area contributed by atoms with Crippen LogP contribution in [0.2, 0.25) is 0 Å². The first-order valence-corrected chi connectivity index (χ1v) is 4.07. The lowest BCUT2D eigenvalue weighted by Crippen LogP contribution is -2.07. The van der Waals surface area contributed by atoms with E-state index < -0.39 is 5.97 Å². The molecule has 2 N–H and O–H groups in total. The van der Waals surface area contributed by atoms with Gasteiger partial charge in [0.05, 0.1) is 12.4 Å². The highest BCUT2D eigenvalue weighted by Gasteiger charge is 2.21. The second-order valence-electron chi connectivity index (χ2n) is 3.01. The van der Waals surface area contributed by atoms with Gasteiger partial charge >= 0.3 is 5.97 Å². The third kappa shape index (κ3) is 1.93. The lowest BCUT2D eigenvalue weighted by atomic mass is 10.4. The SMILES string of the molecule is O=C(O)c1cncc(NC2CC2)n1. The first-order chi connectivity index (χ1) is 6.25. The summed E-state index contributed by atoms with van der Waals surface area (Å²) in [5.74, 6) is -0.505. The first kappa shape index (κ1) is 7.97. The Morgan fingerprint density at radius 1 is 1.54 bits per heavy atom. The van der Waals surface area contributed by atoms with Gasteiger partial charge in [0.15, 0.2) is 5.69 Å². The summed E-state index contributed by atoms with van der Waals surface area (Å²) in [6.07, 6.45) is 5.02. The zero-order chi connectivity index (χ0) is 9.26. The summed E-state index contributed by atoms with van der Waals surface area (Å²) in [5.41, 5.74) is -0.0225. The summed E-state index contributed by atoms with van der Waals surface area (Å²) >= 11 is 0. The summed E-state index contributed by atoms with van der Waals surface area (Å²) in [6.45, 7) is 0. The van der Waals surface area contributed by atoms with Crippen LogP contribution in [0.4, 0.5) is 5.82 Å². The van der Waals surface area contributed by atoms with Crippen LogP contribution in [0.15, 0.2) is 12.4 Å². The second-order valence-corrected chi connectivity index (χ2v) is 3.01. The Morgan fingerprint density at radius 2 is 2.31 bits per heavy atom. The minimum absolute atomic E-state index is 0.0225. The number of aromatic carboxylic acids is 1. The zero-order valence-electron chi connectivity index (χ0n) is 6.90. The van der Waals surface area contributed by atoms with Gasteiger partial charge < -0.3 is 10.4 Å². The maximum Gasteiger partial charge on any atom is 0.356 e. The Balaban J connectivity index is 2.15. The van der Waals surface area contributed by atoms with E-state index in [-0.39, 0.29) is 5.69 Å². The predicted molar refractivity (Wildman–Crippen MR) is 45.6 cm³/mol. The topological polar surface area (TPSA) is 75.1 Å². The van der Waals surface area contributed by atoms with Crippen molar-refractivity contribution in [3.8, 4) is 0 Å². The molecule has 1 fully saturated rings. The third-order valence-corrected chi connectivity index (χ3v) is 1.78. The summed E-state index contributed by atoms with van der Waals surface area (Å²) < 4.78 is 0. The van der Waals surface area contributed by atoms with Gasteiger partial charge in [-0.1, -0.05) is 0 Å². The molecule has 1 aliphatic rings. The second kappa shape index (κ2) is 3.01. The molecule has 1 aromatic heterocycles. The summed E-state index contributed by atoms with van der Waals surface area (Å²) in [6, 6.07) is 0.457. The fourth-order valence-electron chi connectivity index (χ4n) is 0.975. The minimum atomic E-state index is -1.05. The smallest absolute Gasteiger partial charge is 0.356 e. The van der Waals surface area contributed by atoms with Crippen molar-refractivity contribution in [2.45, 2.75) is 18.9 Å². The monoisotopic (exact) mass is 179 g/mol. The van der Waals surface area contributed by atoms with Gasteiger partial charge in [-0.05, 0) is 12.8 Å². The van der Waals surface area contributed by atoms with E-state index in [4.69, 9.17) is 5.11 Å². The molecule has 1 aliphatic carbocycles. The van der Waals surface area contributed by atoms with Gasteiger partial charge in [-0.3, -0.25) is 4.98 Å². The van der Waals surface area contributed by atoms with E-state index >= 15 is 0 Å². The Bertz CT molecular complexity index is 336. The molecular weight excluding hydrogens is 170 g/mol. The normalized spacial score (nSPS) is 15.4. The van der Waals surface area contributed by atoms with Crippen molar-refractivity contribution < 1.29 is 9.90 Å². The van der Waals surface area contributed by atoms with Crippen LogP contribution in [-0.4, -0.2) is 27.1 Å². The number of anilines is 1. The Hall–Kier alpha value is -1.65. The quantitative estimate of drug-likeness (QED) is 0.716. The molecule has 68 valence electrons. The molecule has 0 spiro atoms. The molecule has 0 aromatic carbocycles. The standard InChI is InChI=1S/C8H9N3O2/c12-8(13)6-3-9-4-7(11-6)10-5-1-2-5/h3-5H,1-2H2,(H,10,11)(H,12,13). The van der Waals surface area contributed by atoms with Gasteiger partial charge in [0.1, 0.15) is 5.82 Å². The number of hydrogen-bond acceptors (Lipinski definition) is 4. The number of carbonyl (C=O) groups is 1. The van der Waals surface area contributed by atoms with Crippen molar-refractivity contribution in [3.63, 3.8) is 0 Å². The van der Waals surface area contributed by atoms with E-state index in [2.05, 4.69) is 15.3 Å². The zero-order valence-corrected chi connectivity index (χ0v) is 6.90. The van der Waals surface area contributed by atoms with Crippen LogP contribution >= 0.6 is 0 Å². The molecule has 0 amide bonds. The number of aromatic nitrogens is 2. The summed E-state index contributed by atoms with van der Waals surface area (Å²) in [5, 5.41) is 11.7. The molecule has 0 radical (unpaired) electrons. The van der Waals surface area contributed by atoms with Gasteiger partial charge in [-0.25, -0.2) is 9.78 Å². The largest absolute Gasteiger partial charge is 0.476 e. The average Bonchev–Trinajstić information content (AvgIpc) is 2.89. The van der Waals surface area contributed by atoms with Crippen LogP contribution in [-0.2, 0) is 0 Å². The summed E-state index contributed by atoms with van der Waals surface area (Å²) in [7, 11) is 0. The van der Waals surface area contributed by atoms with Crippen molar-refractivity contribution >= 4 is 11.8 Å². The molecule has 13 heavy (non-hydrogen) atoms. The van der Waals surface area contributed by atoms with Crippen molar-refractivity contribution in [2.75, 3.05) is 5.32 Å². The number of nitrogens with one attached hydrogen (secondary N) is 1. The highest BCUT2D eigenvalue weighted by Crippen LogP contribution is 2.23. The maximum absolute atomic E-state index is 10.5. The minimum Gasteiger partial charge on any atom is -0.476 e. The number of hydrogen-bond donors (Lipinski definition) is 2. The molecule has 1 heterocycles. The van der Waals surface area contributed by atoms with Crippen LogP contribution in [0.1, 0.15) is 23.3 Å². The molecule has 5 heteroatoms. The Kier molecular flexibility index (Phi) is 1.84. The molecule has 0 unspecified atom stereocenters. The number of rotatable bonds is 3.